The average Bonchev–Trinajstić information content (AvgIpc) is 2.76. The van der Waals surface area contributed by atoms with E-state index in [0.717, 1.165) is 12.8 Å². The topological polar surface area (TPSA) is 0 Å². The van der Waals surface area contributed by atoms with Crippen LogP contribution in [0.25, 0.3) is 0 Å². The highest BCUT2D eigenvalue weighted by atomic mass is 14.2. The minimum Gasteiger partial charge on any atom is -0.0804 e. The van der Waals surface area contributed by atoms with E-state index in [1.54, 1.807) is 0 Å². The molecule has 0 saturated carbocycles. The Morgan fingerprint density at radius 2 is 1.62 bits per heavy atom. The third-order valence-electron chi connectivity index (χ3n) is 2.63. The monoisotopic (exact) mass is 170 g/mol. The largest absolute Gasteiger partial charge is 0.0804 e. The Hall–Kier alpha value is -1.04. The lowest BCUT2D eigenvalue weighted by Gasteiger charge is -2.17. The first-order chi connectivity index (χ1) is 6.42. The Kier molecular flexibility index (Phi) is 2.49. The maximum absolute atomic E-state index is 3.37. The first kappa shape index (κ1) is 8.55. The molecule has 0 amide bonds. The Morgan fingerprint density at radius 1 is 1.08 bits per heavy atom. The Balaban J connectivity index is 2.09. The van der Waals surface area contributed by atoms with Crippen molar-refractivity contribution in [2.45, 2.75) is 19.8 Å². The van der Waals surface area contributed by atoms with Gasteiger partial charge in [-0.1, -0.05) is 54.5 Å². The Labute approximate surface area is 80.3 Å². The summed E-state index contributed by atoms with van der Waals surface area (Å²) < 4.78 is 0. The normalized spacial score (nSPS) is 19.8. The minimum absolute atomic E-state index is 0.449. The third kappa shape index (κ3) is 1.67. The van der Waals surface area contributed by atoms with Gasteiger partial charge in [-0.3, -0.25) is 0 Å². The first-order valence-corrected chi connectivity index (χ1v) is 4.80. The molecule has 13 heavy (non-hydrogen) atoms. The van der Waals surface area contributed by atoms with Gasteiger partial charge in [0.1, 0.15) is 0 Å². The Morgan fingerprint density at radius 3 is 1.92 bits per heavy atom. The zero-order valence-electron chi connectivity index (χ0n) is 7.96. The maximum atomic E-state index is 3.37. The second kappa shape index (κ2) is 3.78. The predicted octanol–water partition coefficient (Wildman–Crippen LogP) is 3.48. The molecule has 0 bridgehead atoms. The zero-order chi connectivity index (χ0) is 9.10. The number of rotatable bonds is 3. The van der Waals surface area contributed by atoms with Crippen molar-refractivity contribution in [2.24, 2.45) is 5.92 Å². The lowest BCUT2D eigenvalue weighted by atomic mass is 9.87. The number of hydrogen-bond acceptors (Lipinski definition) is 0. The van der Waals surface area contributed by atoms with E-state index < -0.39 is 0 Å². The molecule has 0 saturated heterocycles. The summed E-state index contributed by atoms with van der Waals surface area (Å²) in [6.45, 7) is 2.03. The molecule has 0 nitrogen and oxygen atoms in total. The quantitative estimate of drug-likeness (QED) is 0.608. The molecule has 2 rings (SSSR count). The van der Waals surface area contributed by atoms with Crippen LogP contribution in [0.4, 0.5) is 0 Å². The van der Waals surface area contributed by atoms with Crippen molar-refractivity contribution in [1.29, 1.82) is 0 Å². The zero-order valence-corrected chi connectivity index (χ0v) is 7.96. The van der Waals surface area contributed by atoms with Gasteiger partial charge < -0.3 is 0 Å². The number of allylic oxidation sites excluding steroid dienone is 8. The second-order valence-electron chi connectivity index (χ2n) is 3.47. The SMILES string of the molecule is C[C]C(C1=CC=CC1)C1=CC=CC1. The molecule has 0 aromatic heterocycles. The van der Waals surface area contributed by atoms with Crippen LogP contribution >= 0.6 is 0 Å². The van der Waals surface area contributed by atoms with Crippen molar-refractivity contribution in [3.63, 3.8) is 0 Å². The van der Waals surface area contributed by atoms with Crippen LogP contribution in [0.1, 0.15) is 19.8 Å². The van der Waals surface area contributed by atoms with Gasteiger partial charge in [0.25, 0.3) is 0 Å². The first-order valence-electron chi connectivity index (χ1n) is 4.80. The van der Waals surface area contributed by atoms with E-state index in [4.69, 9.17) is 0 Å². The van der Waals surface area contributed by atoms with Crippen molar-refractivity contribution in [2.75, 3.05) is 0 Å². The molecule has 0 aliphatic heterocycles. The van der Waals surface area contributed by atoms with E-state index in [9.17, 15) is 0 Å². The van der Waals surface area contributed by atoms with E-state index in [-0.39, 0.29) is 0 Å². The summed E-state index contributed by atoms with van der Waals surface area (Å²) in [5, 5.41) is 0. The van der Waals surface area contributed by atoms with Crippen LogP contribution in [0.2, 0.25) is 0 Å². The molecule has 66 valence electrons. The van der Waals surface area contributed by atoms with Crippen molar-refractivity contribution < 1.29 is 0 Å². The highest BCUT2D eigenvalue weighted by Crippen LogP contribution is 2.32. The van der Waals surface area contributed by atoms with Crippen molar-refractivity contribution in [1.82, 2.24) is 0 Å². The number of hydrogen-bond donors (Lipinski definition) is 0. The highest BCUT2D eigenvalue weighted by Gasteiger charge is 2.18. The van der Waals surface area contributed by atoms with Crippen molar-refractivity contribution in [3.05, 3.63) is 54.0 Å². The molecule has 0 spiro atoms. The van der Waals surface area contributed by atoms with Crippen LogP contribution in [0, 0.1) is 12.3 Å². The molecule has 0 unspecified atom stereocenters. The summed E-state index contributed by atoms with van der Waals surface area (Å²) in [6.07, 6.45) is 18.7. The molecule has 0 aromatic carbocycles. The summed E-state index contributed by atoms with van der Waals surface area (Å²) in [5.74, 6) is 0.449. The fourth-order valence-corrected chi connectivity index (χ4v) is 1.96. The van der Waals surface area contributed by atoms with Gasteiger partial charge in [0.05, 0.1) is 0 Å². The molecule has 2 aliphatic carbocycles. The van der Waals surface area contributed by atoms with Gasteiger partial charge in [0.2, 0.25) is 0 Å². The Bertz CT molecular complexity index is 270. The van der Waals surface area contributed by atoms with Crippen LogP contribution in [-0.2, 0) is 0 Å². The van der Waals surface area contributed by atoms with Gasteiger partial charge in [0.15, 0.2) is 0 Å². The highest BCUT2D eigenvalue weighted by molar-refractivity contribution is 5.37. The van der Waals surface area contributed by atoms with E-state index in [0.29, 0.717) is 5.92 Å². The molecule has 2 aliphatic rings. The summed E-state index contributed by atoms with van der Waals surface area (Å²) >= 11 is 0. The van der Waals surface area contributed by atoms with Gasteiger partial charge in [0, 0.05) is 5.92 Å². The van der Waals surface area contributed by atoms with Crippen LogP contribution in [-0.4, -0.2) is 0 Å². The summed E-state index contributed by atoms with van der Waals surface area (Å²) in [6, 6.07) is 0. The molecule has 0 fully saturated rings. The molecule has 2 radical (unpaired) electrons. The van der Waals surface area contributed by atoms with Crippen LogP contribution in [0.5, 0.6) is 0 Å². The predicted molar refractivity (Wildman–Crippen MR) is 56.1 cm³/mol. The molecular weight excluding hydrogens is 156 g/mol. The van der Waals surface area contributed by atoms with E-state index in [1.807, 2.05) is 6.92 Å². The summed E-state index contributed by atoms with van der Waals surface area (Å²) in [5.41, 5.74) is 2.97. The molecule has 0 N–H and O–H groups in total. The van der Waals surface area contributed by atoms with E-state index in [2.05, 4.69) is 42.9 Å². The van der Waals surface area contributed by atoms with Gasteiger partial charge in [-0.05, 0) is 19.3 Å². The lowest BCUT2D eigenvalue weighted by molar-refractivity contribution is 0.788. The average molecular weight is 170 g/mol. The van der Waals surface area contributed by atoms with Crippen LogP contribution < -0.4 is 0 Å². The second-order valence-corrected chi connectivity index (χ2v) is 3.47. The van der Waals surface area contributed by atoms with Crippen LogP contribution in [0.3, 0.4) is 0 Å². The summed E-state index contributed by atoms with van der Waals surface area (Å²) in [7, 11) is 0. The molecule has 0 heteroatoms. The fourth-order valence-electron chi connectivity index (χ4n) is 1.96. The lowest BCUT2D eigenvalue weighted by Crippen LogP contribution is -2.04. The van der Waals surface area contributed by atoms with Crippen molar-refractivity contribution in [3.8, 4) is 0 Å². The van der Waals surface area contributed by atoms with Gasteiger partial charge >= 0.3 is 0 Å². The van der Waals surface area contributed by atoms with E-state index >= 15 is 0 Å². The third-order valence-corrected chi connectivity index (χ3v) is 2.63. The molecular formula is C13H14. The van der Waals surface area contributed by atoms with E-state index in [1.165, 1.54) is 11.1 Å². The van der Waals surface area contributed by atoms with Gasteiger partial charge in [-0.15, -0.1) is 0 Å². The van der Waals surface area contributed by atoms with Crippen molar-refractivity contribution >= 4 is 0 Å². The molecule has 0 heterocycles. The molecule has 0 atom stereocenters. The molecule has 0 aromatic rings. The summed E-state index contributed by atoms with van der Waals surface area (Å²) in [4.78, 5) is 0. The van der Waals surface area contributed by atoms with Crippen LogP contribution in [0.15, 0.2) is 47.6 Å². The maximum Gasteiger partial charge on any atom is 0.00847 e. The fraction of sp³-hybridized carbons (Fsp3) is 0.308. The minimum atomic E-state index is 0.449. The van der Waals surface area contributed by atoms with Gasteiger partial charge in [-0.25, -0.2) is 0 Å². The standard InChI is InChI=1S/C13H14/c1-2-13(11-7-3-4-8-11)12-9-5-6-10-12/h3-7,9,13H,8,10H2,1H3. The van der Waals surface area contributed by atoms with Gasteiger partial charge in [-0.2, -0.15) is 0 Å². The smallest absolute Gasteiger partial charge is 0.00847 e.